The average Bonchev–Trinajstić information content (AvgIpc) is 2.92. The fraction of sp³-hybridized carbons (Fsp3) is 0.500. The molecule has 4 nitrogen and oxygen atoms in total. The summed E-state index contributed by atoms with van der Waals surface area (Å²) in [7, 11) is 1.96. The van der Waals surface area contributed by atoms with Crippen molar-refractivity contribution in [2.75, 3.05) is 5.32 Å². The minimum absolute atomic E-state index is 0.799. The fourth-order valence-electron chi connectivity index (χ4n) is 1.75. The molecule has 0 radical (unpaired) electrons. The molecule has 0 atom stereocenters. The van der Waals surface area contributed by atoms with Gasteiger partial charge in [-0.1, -0.05) is 13.8 Å². The van der Waals surface area contributed by atoms with Crippen LogP contribution < -0.4 is 5.32 Å². The molecule has 0 unspecified atom stereocenters. The van der Waals surface area contributed by atoms with E-state index in [1.165, 1.54) is 10.4 Å². The highest BCUT2D eigenvalue weighted by molar-refractivity contribution is 7.15. The lowest BCUT2D eigenvalue weighted by Gasteiger charge is -2.01. The molecule has 5 heteroatoms. The molecule has 0 aliphatic heterocycles. The van der Waals surface area contributed by atoms with Crippen molar-refractivity contribution in [3.05, 3.63) is 28.5 Å². The largest absolute Gasteiger partial charge is 0.357 e. The zero-order valence-corrected chi connectivity index (χ0v) is 11.3. The van der Waals surface area contributed by atoms with Crippen LogP contribution >= 0.6 is 11.3 Å². The highest BCUT2D eigenvalue weighted by Crippen LogP contribution is 2.19. The van der Waals surface area contributed by atoms with Crippen molar-refractivity contribution in [3.8, 4) is 0 Å². The highest BCUT2D eigenvalue weighted by atomic mass is 32.1. The van der Waals surface area contributed by atoms with Crippen molar-refractivity contribution >= 4 is 16.5 Å². The van der Waals surface area contributed by atoms with Crippen LogP contribution in [0.3, 0.4) is 0 Å². The van der Waals surface area contributed by atoms with Gasteiger partial charge in [-0.3, -0.25) is 4.68 Å². The predicted molar refractivity (Wildman–Crippen MR) is 71.4 cm³/mol. The molecule has 0 aliphatic carbocycles. The van der Waals surface area contributed by atoms with Gasteiger partial charge in [-0.2, -0.15) is 5.10 Å². The molecule has 92 valence electrons. The molecule has 2 aromatic heterocycles. The monoisotopic (exact) mass is 250 g/mol. The minimum atomic E-state index is 0.799. The number of thiazole rings is 1. The van der Waals surface area contributed by atoms with Gasteiger partial charge in [-0.25, -0.2) is 4.98 Å². The van der Waals surface area contributed by atoms with E-state index in [4.69, 9.17) is 0 Å². The SMILES string of the molecule is CCc1cnc(NCc2cn(C)nc2CC)s1. The van der Waals surface area contributed by atoms with Crippen LogP contribution in [0.1, 0.15) is 30.0 Å². The van der Waals surface area contributed by atoms with E-state index in [1.807, 2.05) is 17.9 Å². The summed E-state index contributed by atoms with van der Waals surface area (Å²) >= 11 is 1.72. The van der Waals surface area contributed by atoms with Gasteiger partial charge >= 0.3 is 0 Å². The number of anilines is 1. The summed E-state index contributed by atoms with van der Waals surface area (Å²) in [5.41, 5.74) is 2.41. The first-order chi connectivity index (χ1) is 8.22. The zero-order chi connectivity index (χ0) is 12.3. The van der Waals surface area contributed by atoms with Crippen molar-refractivity contribution in [1.29, 1.82) is 0 Å². The van der Waals surface area contributed by atoms with E-state index in [2.05, 4.69) is 35.4 Å². The van der Waals surface area contributed by atoms with E-state index >= 15 is 0 Å². The smallest absolute Gasteiger partial charge is 0.183 e. The van der Waals surface area contributed by atoms with Gasteiger partial charge in [0, 0.05) is 36.4 Å². The van der Waals surface area contributed by atoms with E-state index in [0.29, 0.717) is 0 Å². The van der Waals surface area contributed by atoms with Crippen LogP contribution in [0.2, 0.25) is 0 Å². The molecule has 0 saturated carbocycles. The van der Waals surface area contributed by atoms with Crippen molar-refractivity contribution in [2.45, 2.75) is 33.2 Å². The summed E-state index contributed by atoms with van der Waals surface area (Å²) in [4.78, 5) is 5.66. The fourth-order valence-corrected chi connectivity index (χ4v) is 2.50. The van der Waals surface area contributed by atoms with Gasteiger partial charge in [0.05, 0.1) is 5.69 Å². The molecule has 2 aromatic rings. The Labute approximate surface area is 106 Å². The van der Waals surface area contributed by atoms with Crippen LogP contribution in [0.15, 0.2) is 12.4 Å². The summed E-state index contributed by atoms with van der Waals surface area (Å²) in [6.45, 7) is 5.08. The topological polar surface area (TPSA) is 42.7 Å². The molecule has 0 aliphatic rings. The Morgan fingerprint density at radius 3 is 2.82 bits per heavy atom. The first-order valence-corrected chi connectivity index (χ1v) is 6.74. The molecule has 2 heterocycles. The van der Waals surface area contributed by atoms with Crippen molar-refractivity contribution < 1.29 is 0 Å². The molecule has 0 amide bonds. The van der Waals surface area contributed by atoms with E-state index < -0.39 is 0 Å². The van der Waals surface area contributed by atoms with Gasteiger partial charge in [0.25, 0.3) is 0 Å². The van der Waals surface area contributed by atoms with Crippen LogP contribution in [0, 0.1) is 0 Å². The molecular formula is C12H18N4S. The van der Waals surface area contributed by atoms with Gasteiger partial charge < -0.3 is 5.32 Å². The normalized spacial score (nSPS) is 10.8. The number of hydrogen-bond acceptors (Lipinski definition) is 4. The molecule has 0 aromatic carbocycles. The third-order valence-corrected chi connectivity index (χ3v) is 3.76. The Kier molecular flexibility index (Phi) is 3.78. The summed E-state index contributed by atoms with van der Waals surface area (Å²) in [5, 5.41) is 8.77. The Morgan fingerprint density at radius 1 is 1.35 bits per heavy atom. The average molecular weight is 250 g/mol. The Morgan fingerprint density at radius 2 is 2.18 bits per heavy atom. The molecule has 0 bridgehead atoms. The molecular weight excluding hydrogens is 232 g/mol. The van der Waals surface area contributed by atoms with Crippen LogP contribution in [-0.4, -0.2) is 14.8 Å². The van der Waals surface area contributed by atoms with Gasteiger partial charge in [-0.15, -0.1) is 11.3 Å². The molecule has 0 spiro atoms. The van der Waals surface area contributed by atoms with E-state index in [1.54, 1.807) is 11.3 Å². The third kappa shape index (κ3) is 2.85. The van der Waals surface area contributed by atoms with Gasteiger partial charge in [0.15, 0.2) is 5.13 Å². The summed E-state index contributed by atoms with van der Waals surface area (Å²) in [6.07, 6.45) is 6.03. The van der Waals surface area contributed by atoms with Crippen LogP contribution in [0.5, 0.6) is 0 Å². The summed E-state index contributed by atoms with van der Waals surface area (Å²) in [5.74, 6) is 0. The van der Waals surface area contributed by atoms with E-state index in [9.17, 15) is 0 Å². The predicted octanol–water partition coefficient (Wildman–Crippen LogP) is 2.61. The second-order valence-electron chi connectivity index (χ2n) is 3.97. The molecule has 17 heavy (non-hydrogen) atoms. The maximum Gasteiger partial charge on any atom is 0.183 e. The number of rotatable bonds is 5. The van der Waals surface area contributed by atoms with E-state index in [0.717, 1.165) is 30.2 Å². The standard InChI is InChI=1S/C12H18N4S/c1-4-10-7-14-12(17-10)13-6-9-8-16(3)15-11(9)5-2/h7-8H,4-6H2,1-3H3,(H,13,14). The Hall–Kier alpha value is -1.36. The van der Waals surface area contributed by atoms with Crippen molar-refractivity contribution in [1.82, 2.24) is 14.8 Å². The van der Waals surface area contributed by atoms with Gasteiger partial charge in [0.1, 0.15) is 0 Å². The zero-order valence-electron chi connectivity index (χ0n) is 10.5. The third-order valence-electron chi connectivity index (χ3n) is 2.66. The lowest BCUT2D eigenvalue weighted by Crippen LogP contribution is -2.00. The maximum absolute atomic E-state index is 4.42. The maximum atomic E-state index is 4.42. The minimum Gasteiger partial charge on any atom is -0.357 e. The highest BCUT2D eigenvalue weighted by Gasteiger charge is 2.06. The van der Waals surface area contributed by atoms with Crippen molar-refractivity contribution in [2.24, 2.45) is 7.05 Å². The number of hydrogen-bond donors (Lipinski definition) is 1. The second kappa shape index (κ2) is 5.31. The molecule has 1 N–H and O–H groups in total. The van der Waals surface area contributed by atoms with Gasteiger partial charge in [0.2, 0.25) is 0 Å². The lowest BCUT2D eigenvalue weighted by atomic mass is 10.2. The quantitative estimate of drug-likeness (QED) is 0.887. The van der Waals surface area contributed by atoms with Crippen LogP contribution in [0.25, 0.3) is 0 Å². The molecule has 0 saturated heterocycles. The summed E-state index contributed by atoms with van der Waals surface area (Å²) < 4.78 is 1.87. The van der Waals surface area contributed by atoms with Crippen LogP contribution in [-0.2, 0) is 26.4 Å². The second-order valence-corrected chi connectivity index (χ2v) is 5.08. The number of aromatic nitrogens is 3. The summed E-state index contributed by atoms with van der Waals surface area (Å²) in [6, 6.07) is 0. The Bertz CT molecular complexity index is 486. The van der Waals surface area contributed by atoms with Gasteiger partial charge in [-0.05, 0) is 12.8 Å². The molecule has 0 fully saturated rings. The Balaban J connectivity index is 2.01. The van der Waals surface area contributed by atoms with Crippen LogP contribution in [0.4, 0.5) is 5.13 Å². The number of nitrogens with zero attached hydrogens (tertiary/aromatic N) is 3. The number of aryl methyl sites for hydroxylation is 3. The molecule has 2 rings (SSSR count). The van der Waals surface area contributed by atoms with Crippen molar-refractivity contribution in [3.63, 3.8) is 0 Å². The lowest BCUT2D eigenvalue weighted by molar-refractivity contribution is 0.746. The first kappa shape index (κ1) is 12.1. The first-order valence-electron chi connectivity index (χ1n) is 5.92. The van der Waals surface area contributed by atoms with E-state index in [-0.39, 0.29) is 0 Å². The number of nitrogens with one attached hydrogen (secondary N) is 1.